The molecule has 0 aromatic heterocycles. The zero-order valence-electron chi connectivity index (χ0n) is 14.1. The van der Waals surface area contributed by atoms with Crippen molar-refractivity contribution < 1.29 is 9.59 Å². The van der Waals surface area contributed by atoms with Gasteiger partial charge in [-0.1, -0.05) is 58.9 Å². The largest absolute Gasteiger partial charge is 0.352 e. The van der Waals surface area contributed by atoms with Crippen molar-refractivity contribution in [3.63, 3.8) is 0 Å². The van der Waals surface area contributed by atoms with E-state index in [0.717, 1.165) is 5.56 Å². The summed E-state index contributed by atoms with van der Waals surface area (Å²) in [7, 11) is 0. The van der Waals surface area contributed by atoms with Crippen molar-refractivity contribution >= 4 is 11.8 Å². The molecule has 1 heterocycles. The lowest BCUT2D eigenvalue weighted by Crippen LogP contribution is -2.54. The molecule has 1 atom stereocenters. The fourth-order valence-corrected chi connectivity index (χ4v) is 2.71. The van der Waals surface area contributed by atoms with Crippen molar-refractivity contribution in [2.45, 2.75) is 46.6 Å². The summed E-state index contributed by atoms with van der Waals surface area (Å²) in [5.74, 6) is 0.364. The van der Waals surface area contributed by atoms with E-state index in [2.05, 4.69) is 19.2 Å². The van der Waals surface area contributed by atoms with Gasteiger partial charge in [0, 0.05) is 18.5 Å². The maximum Gasteiger partial charge on any atom is 0.247 e. The van der Waals surface area contributed by atoms with Gasteiger partial charge in [-0.25, -0.2) is 0 Å². The molecule has 0 radical (unpaired) electrons. The smallest absolute Gasteiger partial charge is 0.247 e. The number of hydrogen-bond donors (Lipinski definition) is 1. The number of piperazine rings is 1. The average Bonchev–Trinajstić information content (AvgIpc) is 2.45. The van der Waals surface area contributed by atoms with Crippen LogP contribution in [0.15, 0.2) is 24.3 Å². The normalized spacial score (nSPS) is 19.3. The Morgan fingerprint density at radius 1 is 1.23 bits per heavy atom. The summed E-state index contributed by atoms with van der Waals surface area (Å²) in [6.45, 7) is 11.0. The third kappa shape index (κ3) is 3.32. The molecule has 2 rings (SSSR count). The van der Waals surface area contributed by atoms with Crippen LogP contribution in [0.1, 0.15) is 57.7 Å². The van der Waals surface area contributed by atoms with E-state index < -0.39 is 11.5 Å². The molecule has 0 bridgehead atoms. The van der Waals surface area contributed by atoms with Crippen molar-refractivity contribution in [3.05, 3.63) is 35.4 Å². The summed E-state index contributed by atoms with van der Waals surface area (Å²) < 4.78 is 0. The van der Waals surface area contributed by atoms with Crippen LogP contribution in [-0.2, 0) is 9.59 Å². The molecule has 1 aromatic rings. The third-order valence-corrected chi connectivity index (χ3v) is 4.03. The van der Waals surface area contributed by atoms with Gasteiger partial charge >= 0.3 is 0 Å². The topological polar surface area (TPSA) is 49.4 Å². The Kier molecular flexibility index (Phi) is 4.59. The van der Waals surface area contributed by atoms with Crippen LogP contribution in [0.5, 0.6) is 0 Å². The standard InChI is InChI=1S/C18H26N2O2/c1-12(2)13-6-8-14(9-7-13)15-16(21)19-10-11-20(15)17(22)18(3,4)5/h6-9,12,15H,10-11H2,1-5H3,(H,19,21). The molecule has 0 aliphatic carbocycles. The minimum absolute atomic E-state index is 0.0142. The summed E-state index contributed by atoms with van der Waals surface area (Å²) in [6, 6.07) is 7.49. The van der Waals surface area contributed by atoms with Gasteiger partial charge in [0.25, 0.3) is 0 Å². The number of carbonyl (C=O) groups excluding carboxylic acids is 2. The van der Waals surface area contributed by atoms with Crippen LogP contribution in [0.25, 0.3) is 0 Å². The molecule has 4 heteroatoms. The number of nitrogens with one attached hydrogen (secondary N) is 1. The number of hydrogen-bond acceptors (Lipinski definition) is 2. The number of rotatable bonds is 2. The van der Waals surface area contributed by atoms with Crippen LogP contribution >= 0.6 is 0 Å². The summed E-state index contributed by atoms with van der Waals surface area (Å²) in [5, 5.41) is 2.87. The monoisotopic (exact) mass is 302 g/mol. The lowest BCUT2D eigenvalue weighted by Gasteiger charge is -2.38. The highest BCUT2D eigenvalue weighted by atomic mass is 16.2. The summed E-state index contributed by atoms with van der Waals surface area (Å²) in [4.78, 5) is 26.7. The highest BCUT2D eigenvalue weighted by Crippen LogP contribution is 2.29. The first-order valence-electron chi connectivity index (χ1n) is 7.90. The van der Waals surface area contributed by atoms with Gasteiger partial charge in [-0.05, 0) is 17.0 Å². The Morgan fingerprint density at radius 2 is 1.82 bits per heavy atom. The highest BCUT2D eigenvalue weighted by Gasteiger charge is 2.38. The first-order valence-corrected chi connectivity index (χ1v) is 7.90. The first kappa shape index (κ1) is 16.5. The molecule has 0 spiro atoms. The molecule has 1 unspecified atom stereocenters. The Balaban J connectivity index is 2.34. The third-order valence-electron chi connectivity index (χ3n) is 4.03. The lowest BCUT2D eigenvalue weighted by molar-refractivity contribution is -0.149. The first-order chi connectivity index (χ1) is 10.2. The molecule has 1 aromatic carbocycles. The van der Waals surface area contributed by atoms with E-state index >= 15 is 0 Å². The van der Waals surface area contributed by atoms with E-state index in [4.69, 9.17) is 0 Å². The molecule has 1 aliphatic heterocycles. The van der Waals surface area contributed by atoms with Gasteiger partial charge in [0.05, 0.1) is 0 Å². The molecule has 1 fully saturated rings. The summed E-state index contributed by atoms with van der Waals surface area (Å²) in [5.41, 5.74) is 1.61. The number of carbonyl (C=O) groups is 2. The molecule has 2 amide bonds. The zero-order valence-corrected chi connectivity index (χ0v) is 14.1. The zero-order chi connectivity index (χ0) is 16.5. The van der Waals surface area contributed by atoms with Crippen LogP contribution < -0.4 is 5.32 Å². The number of nitrogens with zero attached hydrogens (tertiary/aromatic N) is 1. The predicted octanol–water partition coefficient (Wildman–Crippen LogP) is 2.86. The molecule has 1 N–H and O–H groups in total. The van der Waals surface area contributed by atoms with E-state index in [0.29, 0.717) is 19.0 Å². The Labute approximate surface area is 132 Å². The van der Waals surface area contributed by atoms with E-state index in [1.165, 1.54) is 5.56 Å². The van der Waals surface area contributed by atoms with Gasteiger partial charge in [0.1, 0.15) is 6.04 Å². The average molecular weight is 302 g/mol. The van der Waals surface area contributed by atoms with E-state index in [1.807, 2.05) is 45.0 Å². The van der Waals surface area contributed by atoms with Crippen LogP contribution in [0.2, 0.25) is 0 Å². The maximum atomic E-state index is 12.7. The summed E-state index contributed by atoms with van der Waals surface area (Å²) >= 11 is 0. The number of amides is 2. The van der Waals surface area contributed by atoms with E-state index in [9.17, 15) is 9.59 Å². The second-order valence-corrected chi connectivity index (χ2v) is 7.26. The van der Waals surface area contributed by atoms with Crippen LogP contribution in [0, 0.1) is 5.41 Å². The minimum Gasteiger partial charge on any atom is -0.352 e. The van der Waals surface area contributed by atoms with Crippen LogP contribution in [0.3, 0.4) is 0 Å². The predicted molar refractivity (Wildman–Crippen MR) is 87.4 cm³/mol. The van der Waals surface area contributed by atoms with Gasteiger partial charge < -0.3 is 10.2 Å². The summed E-state index contributed by atoms with van der Waals surface area (Å²) in [6.07, 6.45) is 0. The fraction of sp³-hybridized carbons (Fsp3) is 0.556. The van der Waals surface area contributed by atoms with E-state index in [-0.39, 0.29) is 11.8 Å². The quantitative estimate of drug-likeness (QED) is 0.913. The second kappa shape index (κ2) is 6.11. The maximum absolute atomic E-state index is 12.7. The number of benzene rings is 1. The highest BCUT2D eigenvalue weighted by molar-refractivity contribution is 5.91. The van der Waals surface area contributed by atoms with Crippen molar-refractivity contribution in [2.75, 3.05) is 13.1 Å². The Morgan fingerprint density at radius 3 is 2.32 bits per heavy atom. The van der Waals surface area contributed by atoms with Gasteiger partial charge in [0.15, 0.2) is 0 Å². The molecule has 22 heavy (non-hydrogen) atoms. The Bertz CT molecular complexity index is 555. The molecule has 0 saturated carbocycles. The molecular formula is C18H26N2O2. The van der Waals surface area contributed by atoms with Gasteiger partial charge in [-0.3, -0.25) is 9.59 Å². The Hall–Kier alpha value is -1.84. The van der Waals surface area contributed by atoms with Crippen molar-refractivity contribution in [1.82, 2.24) is 10.2 Å². The van der Waals surface area contributed by atoms with Crippen molar-refractivity contribution in [2.24, 2.45) is 5.41 Å². The SMILES string of the molecule is CC(C)c1ccc(C2C(=O)NCCN2C(=O)C(C)(C)C)cc1. The molecule has 4 nitrogen and oxygen atoms in total. The molecule has 120 valence electrons. The lowest BCUT2D eigenvalue weighted by atomic mass is 9.91. The van der Waals surface area contributed by atoms with Crippen LogP contribution in [-0.4, -0.2) is 29.8 Å². The van der Waals surface area contributed by atoms with Gasteiger partial charge in [-0.2, -0.15) is 0 Å². The second-order valence-electron chi connectivity index (χ2n) is 7.26. The van der Waals surface area contributed by atoms with E-state index in [1.54, 1.807) is 4.90 Å². The fourth-order valence-electron chi connectivity index (χ4n) is 2.71. The van der Waals surface area contributed by atoms with Crippen molar-refractivity contribution in [1.29, 1.82) is 0 Å². The van der Waals surface area contributed by atoms with Gasteiger partial charge in [-0.15, -0.1) is 0 Å². The molecule has 1 aliphatic rings. The van der Waals surface area contributed by atoms with Crippen molar-refractivity contribution in [3.8, 4) is 0 Å². The molecule has 1 saturated heterocycles. The minimum atomic E-state index is -0.526. The van der Waals surface area contributed by atoms with Gasteiger partial charge in [0.2, 0.25) is 11.8 Å². The van der Waals surface area contributed by atoms with Crippen LogP contribution in [0.4, 0.5) is 0 Å². The molecular weight excluding hydrogens is 276 g/mol.